The van der Waals surface area contributed by atoms with E-state index in [1.165, 1.54) is 19.1 Å². The molecule has 4 atom stereocenters. The quantitative estimate of drug-likeness (QED) is 0.571. The monoisotopic (exact) mass is 405 g/mol. The average molecular weight is 405 g/mol. The van der Waals surface area contributed by atoms with Crippen LogP contribution in [-0.4, -0.2) is 59.0 Å². The minimum Gasteiger partial charge on any atom is -0.462 e. The molecule has 3 rings (SSSR count). The topological polar surface area (TPSA) is 108 Å². The normalized spacial score (nSPS) is 24.2. The maximum absolute atomic E-state index is 13.8. The molecule has 1 heterocycles. The summed E-state index contributed by atoms with van der Waals surface area (Å²) in [5, 5.41) is 32.2. The summed E-state index contributed by atoms with van der Waals surface area (Å²) in [5.41, 5.74) is 2.21. The van der Waals surface area contributed by atoms with Gasteiger partial charge in [0, 0.05) is 13.5 Å². The fourth-order valence-electron chi connectivity index (χ4n) is 3.16. The lowest BCUT2D eigenvalue weighted by Gasteiger charge is -2.35. The Kier molecular flexibility index (Phi) is 6.81. The van der Waals surface area contributed by atoms with Crippen LogP contribution in [0, 0.1) is 5.82 Å². The zero-order valence-corrected chi connectivity index (χ0v) is 15.9. The van der Waals surface area contributed by atoms with Gasteiger partial charge in [-0.1, -0.05) is 18.2 Å². The molecule has 0 spiro atoms. The van der Waals surface area contributed by atoms with Gasteiger partial charge in [0.2, 0.25) is 12.2 Å². The lowest BCUT2D eigenvalue weighted by Crippen LogP contribution is -2.54. The van der Waals surface area contributed by atoms with Crippen molar-refractivity contribution in [3.63, 3.8) is 0 Å². The fraction of sp³-hybridized carbons (Fsp3) is 0.381. The van der Waals surface area contributed by atoms with Crippen LogP contribution >= 0.6 is 0 Å². The highest BCUT2D eigenvalue weighted by Crippen LogP contribution is 2.30. The van der Waals surface area contributed by atoms with Crippen molar-refractivity contribution in [3.05, 3.63) is 53.8 Å². The second-order valence-corrected chi connectivity index (χ2v) is 6.93. The van der Waals surface area contributed by atoms with Gasteiger partial charge in [0.1, 0.15) is 29.9 Å². The van der Waals surface area contributed by atoms with Gasteiger partial charge in [-0.2, -0.15) is 0 Å². The summed E-state index contributed by atoms with van der Waals surface area (Å²) in [7, 11) is 0. The Balaban J connectivity index is 1.85. The van der Waals surface area contributed by atoms with Gasteiger partial charge in [-0.3, -0.25) is 4.79 Å². The molecule has 0 bridgehead atoms. The number of amides is 1. The largest absolute Gasteiger partial charge is 0.462 e. The van der Waals surface area contributed by atoms with E-state index in [9.17, 15) is 24.5 Å². The molecule has 4 N–H and O–H groups in total. The summed E-state index contributed by atoms with van der Waals surface area (Å²) in [5.74, 6) is -0.175. The lowest BCUT2D eigenvalue weighted by atomic mass is 9.97. The molecule has 0 aromatic heterocycles. The fourth-order valence-corrected chi connectivity index (χ4v) is 3.16. The SMILES string of the molecule is CC(=O)NCCc1ccc(OC2OC[C@@H](O)[C@H](O)[C@H]2O)cc1-c1cccc(F)c1. The van der Waals surface area contributed by atoms with E-state index in [0.29, 0.717) is 29.8 Å². The molecule has 0 aliphatic carbocycles. The Hall–Kier alpha value is -2.52. The summed E-state index contributed by atoms with van der Waals surface area (Å²) in [6.45, 7) is 1.69. The van der Waals surface area contributed by atoms with Crippen LogP contribution in [0.5, 0.6) is 5.75 Å². The molecule has 8 heteroatoms. The molecule has 1 aliphatic rings. The minimum absolute atomic E-state index is 0.138. The molecule has 0 radical (unpaired) electrons. The minimum atomic E-state index is -1.42. The summed E-state index contributed by atoms with van der Waals surface area (Å²) >= 11 is 0. The summed E-state index contributed by atoms with van der Waals surface area (Å²) < 4.78 is 24.7. The molecule has 1 fully saturated rings. The van der Waals surface area contributed by atoms with Crippen LogP contribution in [0.2, 0.25) is 0 Å². The molecule has 2 aromatic carbocycles. The summed E-state index contributed by atoms with van der Waals surface area (Å²) in [4.78, 5) is 11.1. The van der Waals surface area contributed by atoms with Crippen LogP contribution in [0.15, 0.2) is 42.5 Å². The van der Waals surface area contributed by atoms with Crippen molar-refractivity contribution in [2.75, 3.05) is 13.2 Å². The van der Waals surface area contributed by atoms with Gasteiger partial charge in [0.05, 0.1) is 6.61 Å². The van der Waals surface area contributed by atoms with E-state index < -0.39 is 24.6 Å². The molecular weight excluding hydrogens is 381 g/mol. The molecule has 29 heavy (non-hydrogen) atoms. The van der Waals surface area contributed by atoms with Gasteiger partial charge in [0.25, 0.3) is 0 Å². The van der Waals surface area contributed by atoms with E-state index in [0.717, 1.165) is 5.56 Å². The van der Waals surface area contributed by atoms with Gasteiger partial charge in [-0.25, -0.2) is 4.39 Å². The second-order valence-electron chi connectivity index (χ2n) is 6.93. The Morgan fingerprint density at radius 1 is 1.21 bits per heavy atom. The first kappa shape index (κ1) is 21.2. The number of carbonyl (C=O) groups is 1. The number of rotatable bonds is 6. The van der Waals surface area contributed by atoms with Gasteiger partial charge in [-0.15, -0.1) is 0 Å². The van der Waals surface area contributed by atoms with Crippen LogP contribution < -0.4 is 10.1 Å². The van der Waals surface area contributed by atoms with E-state index in [4.69, 9.17) is 9.47 Å². The number of hydrogen-bond acceptors (Lipinski definition) is 6. The number of nitrogens with one attached hydrogen (secondary N) is 1. The third-order valence-corrected chi connectivity index (χ3v) is 4.69. The Morgan fingerprint density at radius 2 is 2.00 bits per heavy atom. The smallest absolute Gasteiger partial charge is 0.228 e. The van der Waals surface area contributed by atoms with Crippen molar-refractivity contribution in [3.8, 4) is 16.9 Å². The maximum atomic E-state index is 13.8. The van der Waals surface area contributed by atoms with E-state index in [-0.39, 0.29) is 18.3 Å². The highest BCUT2D eigenvalue weighted by atomic mass is 19.1. The van der Waals surface area contributed by atoms with E-state index >= 15 is 0 Å². The molecule has 2 aromatic rings. The molecule has 1 aliphatic heterocycles. The first-order valence-electron chi connectivity index (χ1n) is 9.31. The Bertz CT molecular complexity index is 861. The molecule has 7 nitrogen and oxygen atoms in total. The number of carbonyl (C=O) groups excluding carboxylic acids is 1. The molecule has 1 unspecified atom stereocenters. The number of benzene rings is 2. The molecule has 1 saturated heterocycles. The number of hydrogen-bond donors (Lipinski definition) is 4. The van der Waals surface area contributed by atoms with Crippen LogP contribution in [0.25, 0.3) is 11.1 Å². The van der Waals surface area contributed by atoms with Crippen molar-refractivity contribution in [1.82, 2.24) is 5.32 Å². The Labute approximate surface area is 167 Å². The van der Waals surface area contributed by atoms with Crippen molar-refractivity contribution in [2.24, 2.45) is 0 Å². The van der Waals surface area contributed by atoms with Crippen LogP contribution in [0.1, 0.15) is 12.5 Å². The van der Waals surface area contributed by atoms with Gasteiger partial charge in [0.15, 0.2) is 0 Å². The van der Waals surface area contributed by atoms with Gasteiger partial charge >= 0.3 is 0 Å². The van der Waals surface area contributed by atoms with Crippen LogP contribution in [0.4, 0.5) is 4.39 Å². The predicted octanol–water partition coefficient (Wildman–Crippen LogP) is 0.989. The first-order valence-corrected chi connectivity index (χ1v) is 9.31. The zero-order chi connectivity index (χ0) is 21.0. The first-order chi connectivity index (χ1) is 13.8. The second kappa shape index (κ2) is 9.32. The van der Waals surface area contributed by atoms with Gasteiger partial charge < -0.3 is 30.1 Å². The van der Waals surface area contributed by atoms with E-state index in [1.54, 1.807) is 30.3 Å². The van der Waals surface area contributed by atoms with Crippen molar-refractivity contribution in [1.29, 1.82) is 0 Å². The highest BCUT2D eigenvalue weighted by molar-refractivity contribution is 5.73. The number of ether oxygens (including phenoxy) is 2. The van der Waals surface area contributed by atoms with Crippen molar-refractivity contribution in [2.45, 2.75) is 37.9 Å². The van der Waals surface area contributed by atoms with Crippen LogP contribution in [0.3, 0.4) is 0 Å². The predicted molar refractivity (Wildman–Crippen MR) is 103 cm³/mol. The summed E-state index contributed by atoms with van der Waals surface area (Å²) in [6.07, 6.45) is -4.62. The number of aliphatic hydroxyl groups is 3. The molecule has 156 valence electrons. The maximum Gasteiger partial charge on any atom is 0.228 e. The standard InChI is InChI=1S/C21H24FNO6/c1-12(24)23-8-7-13-5-6-16(10-17(13)14-3-2-4-15(22)9-14)29-21-20(27)19(26)18(25)11-28-21/h2-6,9-10,18-21,25-27H,7-8,11H2,1H3,(H,23,24)/t18-,19+,20-,21?/m1/s1. The molecular formula is C21H24FNO6. The average Bonchev–Trinajstić information content (AvgIpc) is 2.69. The lowest BCUT2D eigenvalue weighted by molar-refractivity contribution is -0.242. The highest BCUT2D eigenvalue weighted by Gasteiger charge is 2.39. The summed E-state index contributed by atoms with van der Waals surface area (Å²) in [6, 6.07) is 11.2. The molecule has 0 saturated carbocycles. The van der Waals surface area contributed by atoms with E-state index in [2.05, 4.69) is 5.32 Å². The Morgan fingerprint density at radius 3 is 2.72 bits per heavy atom. The molecule has 1 amide bonds. The van der Waals surface area contributed by atoms with Crippen molar-refractivity contribution >= 4 is 5.91 Å². The van der Waals surface area contributed by atoms with Crippen LogP contribution in [-0.2, 0) is 16.0 Å². The number of aliphatic hydroxyl groups excluding tert-OH is 3. The number of halogens is 1. The van der Waals surface area contributed by atoms with Crippen molar-refractivity contribution < 1.29 is 34.0 Å². The van der Waals surface area contributed by atoms with Gasteiger partial charge in [-0.05, 0) is 47.4 Å². The zero-order valence-electron chi connectivity index (χ0n) is 15.9. The van der Waals surface area contributed by atoms with E-state index in [1.807, 2.05) is 0 Å². The third kappa shape index (κ3) is 5.30. The third-order valence-electron chi connectivity index (χ3n) is 4.69.